The molecule has 8 bridgehead atoms. The first-order valence-electron chi connectivity index (χ1n) is 10.3. The number of rotatable bonds is 0. The van der Waals surface area contributed by atoms with Crippen molar-refractivity contribution >= 4 is 0 Å². The first kappa shape index (κ1) is 19.1. The van der Waals surface area contributed by atoms with E-state index in [2.05, 4.69) is 47.4 Å². The van der Waals surface area contributed by atoms with Crippen LogP contribution in [-0.4, -0.2) is 0 Å². The topological polar surface area (TPSA) is 0 Å². The zero-order chi connectivity index (χ0) is 21.6. The van der Waals surface area contributed by atoms with E-state index in [-0.39, 0.29) is 0 Å². The maximum absolute atomic E-state index is 3.21. The molecule has 0 N–H and O–H groups in total. The summed E-state index contributed by atoms with van der Waals surface area (Å²) in [5.41, 5.74) is 7.67. The van der Waals surface area contributed by atoms with Crippen molar-refractivity contribution in [1.82, 2.24) is 0 Å². The Bertz CT molecular complexity index is 1160. The van der Waals surface area contributed by atoms with Crippen molar-refractivity contribution in [1.29, 1.82) is 0 Å². The number of hydrogen-bond donors (Lipinski definition) is 0. The van der Waals surface area contributed by atoms with E-state index in [1.54, 1.807) is 0 Å². The van der Waals surface area contributed by atoms with Crippen LogP contribution in [0.4, 0.5) is 0 Å². The third-order valence-corrected chi connectivity index (χ3v) is 4.94. The van der Waals surface area contributed by atoms with Crippen LogP contribution in [-0.2, 0) is 0 Å². The van der Waals surface area contributed by atoms with Crippen LogP contribution in [0.1, 0.15) is 44.5 Å². The van der Waals surface area contributed by atoms with Gasteiger partial charge in [-0.25, -0.2) is 0 Å². The van der Waals surface area contributed by atoms with Gasteiger partial charge >= 0.3 is 0 Å². The van der Waals surface area contributed by atoms with Crippen molar-refractivity contribution in [3.8, 4) is 47.4 Å². The molecule has 0 unspecified atom stereocenters. The lowest BCUT2D eigenvalue weighted by molar-refractivity contribution is 1.56. The zero-order valence-electron chi connectivity index (χ0n) is 17.2. The van der Waals surface area contributed by atoms with Crippen LogP contribution in [0.2, 0.25) is 0 Å². The highest BCUT2D eigenvalue weighted by atomic mass is 14.0. The van der Waals surface area contributed by atoms with Crippen LogP contribution in [0.25, 0.3) is 0 Å². The van der Waals surface area contributed by atoms with Gasteiger partial charge < -0.3 is 0 Å². The summed E-state index contributed by atoms with van der Waals surface area (Å²) < 4.78 is 0. The van der Waals surface area contributed by atoms with Gasteiger partial charge in [-0.15, -0.1) is 0 Å². The Morgan fingerprint density at radius 2 is 0.281 bits per heavy atom. The second-order valence-electron chi connectivity index (χ2n) is 7.31. The van der Waals surface area contributed by atoms with Crippen LogP contribution in [0, 0.1) is 47.4 Å². The maximum Gasteiger partial charge on any atom is 0.0249 e. The molecule has 0 fully saturated rings. The predicted molar refractivity (Wildman–Crippen MR) is 130 cm³/mol. The van der Waals surface area contributed by atoms with Crippen molar-refractivity contribution in [2.75, 3.05) is 0 Å². The van der Waals surface area contributed by atoms with Crippen molar-refractivity contribution in [2.24, 2.45) is 0 Å². The van der Waals surface area contributed by atoms with Crippen LogP contribution in [0.15, 0.2) is 97.1 Å². The van der Waals surface area contributed by atoms with Crippen LogP contribution in [0.5, 0.6) is 0 Å². The highest BCUT2D eigenvalue weighted by Crippen LogP contribution is 2.08. The highest BCUT2D eigenvalue weighted by molar-refractivity contribution is 5.52. The Morgan fingerprint density at radius 3 is 0.375 bits per heavy atom. The highest BCUT2D eigenvalue weighted by Gasteiger charge is 1.94. The normalized spacial score (nSPS) is 10.5. The number of hydrogen-bond acceptors (Lipinski definition) is 0. The van der Waals surface area contributed by atoms with Gasteiger partial charge in [0, 0.05) is 44.5 Å². The van der Waals surface area contributed by atoms with Gasteiger partial charge in [0.25, 0.3) is 0 Å². The van der Waals surface area contributed by atoms with Gasteiger partial charge in [-0.2, -0.15) is 0 Å². The molecule has 0 amide bonds. The molecule has 0 nitrogen and oxygen atoms in total. The van der Waals surface area contributed by atoms with Crippen LogP contribution >= 0.6 is 0 Å². The van der Waals surface area contributed by atoms with E-state index in [0.717, 1.165) is 44.5 Å². The molecule has 4 aromatic rings. The number of benzene rings is 4. The fraction of sp³-hybridized carbons (Fsp3) is 0. The van der Waals surface area contributed by atoms with Crippen molar-refractivity contribution in [2.45, 2.75) is 0 Å². The average molecular weight is 400 g/mol. The molecule has 0 aromatic heterocycles. The molecule has 7 aliphatic carbocycles. The van der Waals surface area contributed by atoms with E-state index in [0.29, 0.717) is 0 Å². The largest absolute Gasteiger partial charge is 0.0617 e. The summed E-state index contributed by atoms with van der Waals surface area (Å²) in [6.45, 7) is 0. The van der Waals surface area contributed by atoms with Gasteiger partial charge in [0.15, 0.2) is 0 Å². The Labute approximate surface area is 189 Å². The molecule has 32 heavy (non-hydrogen) atoms. The van der Waals surface area contributed by atoms with E-state index in [1.807, 2.05) is 97.1 Å². The molecule has 0 radical (unpaired) electrons. The Morgan fingerprint density at radius 1 is 0.188 bits per heavy atom. The Kier molecular flexibility index (Phi) is 5.29. The molecule has 0 heterocycles. The third kappa shape index (κ3) is 4.81. The zero-order valence-corrected chi connectivity index (χ0v) is 17.2. The van der Waals surface area contributed by atoms with E-state index in [1.165, 1.54) is 0 Å². The van der Waals surface area contributed by atoms with Gasteiger partial charge in [-0.1, -0.05) is 47.4 Å². The fourth-order valence-electron chi connectivity index (χ4n) is 3.12. The first-order chi connectivity index (χ1) is 15.8. The summed E-state index contributed by atoms with van der Waals surface area (Å²) in [6, 6.07) is 32.0. The van der Waals surface area contributed by atoms with E-state index in [9.17, 15) is 0 Å². The van der Waals surface area contributed by atoms with Gasteiger partial charge in [0.05, 0.1) is 0 Å². The second kappa shape index (κ2) is 8.86. The first-order valence-corrected chi connectivity index (χ1v) is 10.3. The van der Waals surface area contributed by atoms with Crippen LogP contribution < -0.4 is 0 Å². The monoisotopic (exact) mass is 400 g/mol. The van der Waals surface area contributed by atoms with E-state index >= 15 is 0 Å². The summed E-state index contributed by atoms with van der Waals surface area (Å²) >= 11 is 0. The minimum Gasteiger partial charge on any atom is -0.0617 e. The minimum absolute atomic E-state index is 0.959. The second-order valence-corrected chi connectivity index (χ2v) is 7.31. The lowest BCUT2D eigenvalue weighted by atomic mass is 10.1. The SMILES string of the molecule is C1#Cc2ccc(cc2)C#Cc2ccc(cc2)C#Cc2ccc(cc2)C#Cc2ccc1cc2. The van der Waals surface area contributed by atoms with Gasteiger partial charge in [0.1, 0.15) is 0 Å². The molecule has 4 aromatic carbocycles. The van der Waals surface area contributed by atoms with Crippen molar-refractivity contribution < 1.29 is 0 Å². The molecule has 144 valence electrons. The van der Waals surface area contributed by atoms with E-state index in [4.69, 9.17) is 0 Å². The summed E-state index contributed by atoms with van der Waals surface area (Å²) in [6.07, 6.45) is 0. The maximum atomic E-state index is 3.21. The average Bonchev–Trinajstić information content (AvgIpc) is 2.86. The van der Waals surface area contributed by atoms with Gasteiger partial charge in [-0.3, -0.25) is 0 Å². The minimum atomic E-state index is 0.959. The lowest BCUT2D eigenvalue weighted by Crippen LogP contribution is -1.82. The lowest BCUT2D eigenvalue weighted by Gasteiger charge is -1.95. The molecule has 7 aliphatic rings. The molecule has 0 saturated carbocycles. The van der Waals surface area contributed by atoms with Gasteiger partial charge in [-0.05, 0) is 97.1 Å². The van der Waals surface area contributed by atoms with Crippen molar-refractivity contribution in [3.63, 3.8) is 0 Å². The predicted octanol–water partition coefficient (Wildman–Crippen LogP) is 5.60. The Hall–Kier alpha value is -4.88. The molecule has 0 atom stereocenters. The molecular formula is C32H16. The molecular weight excluding hydrogens is 384 g/mol. The summed E-state index contributed by atoms with van der Waals surface area (Å²) in [7, 11) is 0. The molecule has 0 aliphatic heterocycles. The van der Waals surface area contributed by atoms with Crippen LogP contribution in [0.3, 0.4) is 0 Å². The fourth-order valence-corrected chi connectivity index (χ4v) is 3.12. The van der Waals surface area contributed by atoms with Crippen molar-refractivity contribution in [3.05, 3.63) is 142 Å². The molecule has 0 spiro atoms. The smallest absolute Gasteiger partial charge is 0.0249 e. The Balaban J connectivity index is 1.54. The third-order valence-electron chi connectivity index (χ3n) is 4.94. The summed E-state index contributed by atoms with van der Waals surface area (Å²) in [5.74, 6) is 25.7. The summed E-state index contributed by atoms with van der Waals surface area (Å²) in [5, 5.41) is 0. The molecule has 0 saturated heterocycles. The molecule has 0 heteroatoms. The van der Waals surface area contributed by atoms with E-state index < -0.39 is 0 Å². The summed E-state index contributed by atoms with van der Waals surface area (Å²) in [4.78, 5) is 0. The standard InChI is InChI=1S/C32H16/c1-2-26-4-3-25(1)17-18-27-5-7-29(8-6-27)21-22-31-13-15-32(16-14-31)24-23-30-11-9-28(10-12-30)20-19-26/h1-16H. The molecule has 11 rings (SSSR count). The van der Waals surface area contributed by atoms with Gasteiger partial charge in [0.2, 0.25) is 0 Å². The quantitative estimate of drug-likeness (QED) is 0.297.